The van der Waals surface area contributed by atoms with Gasteiger partial charge in [-0.25, -0.2) is 9.69 Å². The molecule has 1 N–H and O–H groups in total. The minimum atomic E-state index is -0.846. The number of hydrogen-bond acceptors (Lipinski definition) is 6. The third kappa shape index (κ3) is 3.77. The molecule has 4 amide bonds. The van der Waals surface area contributed by atoms with E-state index in [1.54, 1.807) is 18.2 Å². The van der Waals surface area contributed by atoms with Crippen LogP contribution in [-0.4, -0.2) is 29.2 Å². The maximum atomic E-state index is 13.4. The van der Waals surface area contributed by atoms with Crippen LogP contribution >= 0.6 is 0 Å². The first-order valence-electron chi connectivity index (χ1n) is 11.4. The molecule has 3 aromatic carbocycles. The smallest absolute Gasteiger partial charge is 0.335 e. The van der Waals surface area contributed by atoms with E-state index in [1.165, 1.54) is 12.1 Å². The van der Waals surface area contributed by atoms with Crippen LogP contribution < -0.4 is 19.7 Å². The van der Waals surface area contributed by atoms with Gasteiger partial charge in [0.2, 0.25) is 6.79 Å². The first-order chi connectivity index (χ1) is 18.0. The molecule has 3 heterocycles. The maximum absolute atomic E-state index is 13.4. The summed E-state index contributed by atoms with van der Waals surface area (Å²) in [7, 11) is 0. The molecule has 0 bridgehead atoms. The van der Waals surface area contributed by atoms with Gasteiger partial charge in [-0.05, 0) is 35.9 Å². The molecular weight excluding hydrogens is 472 g/mol. The number of urea groups is 1. The molecule has 0 radical (unpaired) electrons. The molecule has 0 atom stereocenters. The minimum absolute atomic E-state index is 0.0471. The number of nitriles is 1. The van der Waals surface area contributed by atoms with Crippen molar-refractivity contribution in [1.82, 2.24) is 9.88 Å². The first-order valence-corrected chi connectivity index (χ1v) is 11.4. The molecule has 9 nitrogen and oxygen atoms in total. The van der Waals surface area contributed by atoms with Crippen molar-refractivity contribution in [2.45, 2.75) is 6.54 Å². The first kappa shape index (κ1) is 22.1. The number of para-hydroxylation sites is 1. The van der Waals surface area contributed by atoms with E-state index in [4.69, 9.17) is 9.47 Å². The lowest BCUT2D eigenvalue weighted by molar-refractivity contribution is -0.122. The molecular formula is C28H18N4O5. The van der Waals surface area contributed by atoms with Gasteiger partial charge in [-0.15, -0.1) is 0 Å². The molecule has 1 fully saturated rings. The van der Waals surface area contributed by atoms with E-state index < -0.39 is 17.8 Å². The van der Waals surface area contributed by atoms with Gasteiger partial charge in [-0.3, -0.25) is 14.9 Å². The largest absolute Gasteiger partial charge is 0.454 e. The van der Waals surface area contributed by atoms with Crippen LogP contribution in [0.4, 0.5) is 10.5 Å². The number of imide groups is 2. The normalized spacial score (nSPS) is 15.8. The van der Waals surface area contributed by atoms with Gasteiger partial charge in [-0.2, -0.15) is 5.26 Å². The van der Waals surface area contributed by atoms with Gasteiger partial charge in [0.05, 0.1) is 17.3 Å². The monoisotopic (exact) mass is 490 g/mol. The van der Waals surface area contributed by atoms with Crippen LogP contribution in [-0.2, 0) is 16.1 Å². The number of aromatic nitrogens is 1. The molecule has 2 aliphatic heterocycles. The van der Waals surface area contributed by atoms with Gasteiger partial charge in [0, 0.05) is 35.3 Å². The molecule has 9 heteroatoms. The standard InChI is InChI=1S/C28H18N4O5/c29-13-17-5-1-2-6-18(17)14-31-15-19(21-7-3-4-8-23(21)31)11-22-26(33)30-28(35)32(27(22)34)20-9-10-24-25(12-20)37-16-36-24/h1-12,15H,14,16H2,(H,30,33,35). The second-order valence-corrected chi connectivity index (χ2v) is 8.49. The van der Waals surface area contributed by atoms with Crippen molar-refractivity contribution in [2.75, 3.05) is 11.7 Å². The zero-order valence-electron chi connectivity index (χ0n) is 19.3. The summed E-state index contributed by atoms with van der Waals surface area (Å²) in [5, 5.41) is 12.6. The van der Waals surface area contributed by atoms with Gasteiger partial charge in [-0.1, -0.05) is 36.4 Å². The summed E-state index contributed by atoms with van der Waals surface area (Å²) >= 11 is 0. The number of carbonyl (C=O) groups excluding carboxylic acids is 3. The zero-order valence-corrected chi connectivity index (χ0v) is 19.3. The van der Waals surface area contributed by atoms with Crippen molar-refractivity contribution in [2.24, 2.45) is 0 Å². The Morgan fingerprint density at radius 2 is 1.76 bits per heavy atom. The van der Waals surface area contributed by atoms with Crippen LogP contribution in [0.25, 0.3) is 17.0 Å². The van der Waals surface area contributed by atoms with Crippen LogP contribution in [0, 0.1) is 11.3 Å². The molecule has 0 spiro atoms. The number of hydrogen-bond donors (Lipinski definition) is 1. The highest BCUT2D eigenvalue weighted by Crippen LogP contribution is 2.36. The predicted molar refractivity (Wildman–Crippen MR) is 134 cm³/mol. The molecule has 0 saturated carbocycles. The number of benzene rings is 3. The number of carbonyl (C=O) groups is 3. The molecule has 180 valence electrons. The van der Waals surface area contributed by atoms with E-state index in [0.717, 1.165) is 21.4 Å². The number of nitrogens with zero attached hydrogens (tertiary/aromatic N) is 3. The van der Waals surface area contributed by atoms with Gasteiger partial charge < -0.3 is 14.0 Å². The quantitative estimate of drug-likeness (QED) is 0.342. The van der Waals surface area contributed by atoms with Crippen LogP contribution in [0.5, 0.6) is 11.5 Å². The Kier molecular flexibility index (Phi) is 5.20. The van der Waals surface area contributed by atoms with E-state index in [9.17, 15) is 19.6 Å². The Morgan fingerprint density at radius 1 is 0.973 bits per heavy atom. The highest BCUT2D eigenvalue weighted by atomic mass is 16.7. The molecule has 4 aromatic rings. The minimum Gasteiger partial charge on any atom is -0.454 e. The van der Waals surface area contributed by atoms with E-state index in [2.05, 4.69) is 11.4 Å². The van der Waals surface area contributed by atoms with Gasteiger partial charge in [0.25, 0.3) is 11.8 Å². The van der Waals surface area contributed by atoms with Crippen molar-refractivity contribution < 1.29 is 23.9 Å². The highest BCUT2D eigenvalue weighted by molar-refractivity contribution is 6.39. The topological polar surface area (TPSA) is 114 Å². The summed E-state index contributed by atoms with van der Waals surface area (Å²) in [4.78, 5) is 39.7. The average Bonchev–Trinajstić information content (AvgIpc) is 3.51. The Balaban J connectivity index is 1.41. The number of fused-ring (bicyclic) bond motifs is 2. The summed E-state index contributed by atoms with van der Waals surface area (Å²) in [6, 6.07) is 20.9. The lowest BCUT2D eigenvalue weighted by atomic mass is 10.1. The fourth-order valence-electron chi connectivity index (χ4n) is 4.54. The Morgan fingerprint density at radius 3 is 2.62 bits per heavy atom. The molecule has 1 aromatic heterocycles. The number of nitrogens with one attached hydrogen (secondary N) is 1. The Bertz CT molecular complexity index is 1690. The Labute approximate surface area is 210 Å². The fraction of sp³-hybridized carbons (Fsp3) is 0.0714. The van der Waals surface area contributed by atoms with E-state index in [1.807, 2.05) is 53.2 Å². The SMILES string of the molecule is N#Cc1ccccc1Cn1cc(C=C2C(=O)NC(=O)N(c3ccc4c(c3)OCO4)C2=O)c2ccccc21. The molecule has 2 aliphatic rings. The molecule has 0 aliphatic carbocycles. The van der Waals surface area contributed by atoms with Crippen molar-refractivity contribution >= 4 is 40.5 Å². The van der Waals surface area contributed by atoms with E-state index >= 15 is 0 Å². The second-order valence-electron chi connectivity index (χ2n) is 8.49. The fourth-order valence-corrected chi connectivity index (χ4v) is 4.54. The second kappa shape index (κ2) is 8.70. The van der Waals surface area contributed by atoms with Gasteiger partial charge >= 0.3 is 6.03 Å². The van der Waals surface area contributed by atoms with Crippen molar-refractivity contribution in [3.05, 3.63) is 95.2 Å². The van der Waals surface area contributed by atoms with Crippen molar-refractivity contribution in [1.29, 1.82) is 5.26 Å². The molecule has 0 unspecified atom stereocenters. The molecule has 1 saturated heterocycles. The number of rotatable bonds is 4. The van der Waals surface area contributed by atoms with Crippen molar-refractivity contribution in [3.8, 4) is 17.6 Å². The molecule has 37 heavy (non-hydrogen) atoms. The van der Waals surface area contributed by atoms with Crippen LogP contribution in [0.2, 0.25) is 0 Å². The average molecular weight is 490 g/mol. The van der Waals surface area contributed by atoms with E-state index in [-0.39, 0.29) is 18.1 Å². The lowest BCUT2D eigenvalue weighted by Gasteiger charge is -2.26. The third-order valence-corrected chi connectivity index (χ3v) is 6.31. The lowest BCUT2D eigenvalue weighted by Crippen LogP contribution is -2.54. The van der Waals surface area contributed by atoms with Crippen LogP contribution in [0.1, 0.15) is 16.7 Å². The predicted octanol–water partition coefficient (Wildman–Crippen LogP) is 3.96. The number of anilines is 1. The number of barbiturate groups is 1. The third-order valence-electron chi connectivity index (χ3n) is 6.31. The van der Waals surface area contributed by atoms with Gasteiger partial charge in [0.15, 0.2) is 11.5 Å². The van der Waals surface area contributed by atoms with E-state index in [0.29, 0.717) is 29.2 Å². The summed E-state index contributed by atoms with van der Waals surface area (Å²) < 4.78 is 12.6. The zero-order chi connectivity index (χ0) is 25.5. The maximum Gasteiger partial charge on any atom is 0.335 e. The summed E-state index contributed by atoms with van der Waals surface area (Å²) in [6.45, 7) is 0.473. The van der Waals surface area contributed by atoms with Gasteiger partial charge in [0.1, 0.15) is 5.57 Å². The summed E-state index contributed by atoms with van der Waals surface area (Å²) in [6.07, 6.45) is 3.31. The highest BCUT2D eigenvalue weighted by Gasteiger charge is 2.37. The van der Waals surface area contributed by atoms with Crippen LogP contribution in [0.3, 0.4) is 0 Å². The Hall–Kier alpha value is -5.36. The number of ether oxygens (including phenoxy) is 2. The molecule has 6 rings (SSSR count). The van der Waals surface area contributed by atoms with Crippen molar-refractivity contribution in [3.63, 3.8) is 0 Å². The van der Waals surface area contributed by atoms with Crippen LogP contribution in [0.15, 0.2) is 78.5 Å². The number of amides is 4. The summed E-state index contributed by atoms with van der Waals surface area (Å²) in [5.74, 6) is -0.620. The summed E-state index contributed by atoms with van der Waals surface area (Å²) in [5.41, 5.74) is 2.98.